The summed E-state index contributed by atoms with van der Waals surface area (Å²) in [6.45, 7) is 1.89. The fraction of sp³-hybridized carbons (Fsp3) is 0.176. The Labute approximate surface area is 154 Å². The Hall–Kier alpha value is -2.38. The molecule has 2 heterocycles. The molecule has 1 amide bonds. The van der Waals surface area contributed by atoms with Crippen LogP contribution in [0.1, 0.15) is 18.7 Å². The van der Waals surface area contributed by atoms with Crippen LogP contribution in [0.15, 0.2) is 58.3 Å². The van der Waals surface area contributed by atoms with Crippen LogP contribution in [0.25, 0.3) is 11.5 Å². The lowest BCUT2D eigenvalue weighted by Crippen LogP contribution is -2.28. The highest BCUT2D eigenvalue weighted by molar-refractivity contribution is 7.99. The van der Waals surface area contributed by atoms with E-state index >= 15 is 0 Å². The molecular formula is C17H15ClN4O2S. The van der Waals surface area contributed by atoms with Crippen LogP contribution in [0.5, 0.6) is 0 Å². The summed E-state index contributed by atoms with van der Waals surface area (Å²) in [5, 5.41) is 11.8. The zero-order chi connectivity index (χ0) is 17.6. The highest BCUT2D eigenvalue weighted by Crippen LogP contribution is 2.24. The molecular weight excluding hydrogens is 360 g/mol. The summed E-state index contributed by atoms with van der Waals surface area (Å²) in [4.78, 5) is 16.3. The predicted octanol–water partition coefficient (Wildman–Crippen LogP) is 3.75. The van der Waals surface area contributed by atoms with Gasteiger partial charge in [-0.1, -0.05) is 29.4 Å². The smallest absolute Gasteiger partial charge is 0.277 e. The molecule has 0 aliphatic carbocycles. The van der Waals surface area contributed by atoms with Crippen LogP contribution in [0.4, 0.5) is 0 Å². The maximum absolute atomic E-state index is 12.1. The van der Waals surface area contributed by atoms with Crippen molar-refractivity contribution in [3.63, 3.8) is 0 Å². The summed E-state index contributed by atoms with van der Waals surface area (Å²) in [5.74, 6) is 0.440. The molecule has 0 aliphatic rings. The molecule has 25 heavy (non-hydrogen) atoms. The third-order valence-corrected chi connectivity index (χ3v) is 4.40. The molecule has 0 aliphatic heterocycles. The lowest BCUT2D eigenvalue weighted by Gasteiger charge is -2.12. The fourth-order valence-corrected chi connectivity index (χ4v) is 2.79. The molecule has 1 N–H and O–H groups in total. The highest BCUT2D eigenvalue weighted by atomic mass is 35.5. The van der Waals surface area contributed by atoms with E-state index in [1.807, 2.05) is 25.1 Å². The van der Waals surface area contributed by atoms with Gasteiger partial charge in [0.05, 0.1) is 17.5 Å². The molecule has 128 valence electrons. The lowest BCUT2D eigenvalue weighted by molar-refractivity contribution is -0.119. The molecule has 0 saturated heterocycles. The molecule has 6 nitrogen and oxygen atoms in total. The minimum Gasteiger partial charge on any atom is -0.411 e. The summed E-state index contributed by atoms with van der Waals surface area (Å²) in [6, 6.07) is 12.5. The van der Waals surface area contributed by atoms with Gasteiger partial charge < -0.3 is 9.73 Å². The Morgan fingerprint density at radius 1 is 1.24 bits per heavy atom. The van der Waals surface area contributed by atoms with Crippen molar-refractivity contribution < 1.29 is 9.21 Å². The Kier molecular flexibility index (Phi) is 5.67. The van der Waals surface area contributed by atoms with Crippen LogP contribution >= 0.6 is 23.4 Å². The van der Waals surface area contributed by atoms with E-state index in [4.69, 9.17) is 16.0 Å². The summed E-state index contributed by atoms with van der Waals surface area (Å²) >= 11 is 7.04. The van der Waals surface area contributed by atoms with Crippen LogP contribution in [-0.2, 0) is 4.79 Å². The Morgan fingerprint density at radius 2 is 2.04 bits per heavy atom. The Morgan fingerprint density at radius 3 is 2.76 bits per heavy atom. The first-order chi connectivity index (χ1) is 12.1. The first-order valence-corrected chi connectivity index (χ1v) is 8.91. The molecule has 0 radical (unpaired) electrons. The van der Waals surface area contributed by atoms with Crippen molar-refractivity contribution in [1.29, 1.82) is 0 Å². The van der Waals surface area contributed by atoms with Gasteiger partial charge in [0, 0.05) is 16.8 Å². The number of halogens is 1. The number of nitrogens with one attached hydrogen (secondary N) is 1. The summed E-state index contributed by atoms with van der Waals surface area (Å²) < 4.78 is 5.55. The minimum atomic E-state index is -0.165. The van der Waals surface area contributed by atoms with E-state index in [0.29, 0.717) is 16.1 Å². The van der Waals surface area contributed by atoms with Crippen molar-refractivity contribution >= 4 is 29.3 Å². The van der Waals surface area contributed by atoms with Gasteiger partial charge in [-0.05, 0) is 43.3 Å². The molecule has 0 spiro atoms. The van der Waals surface area contributed by atoms with Crippen molar-refractivity contribution in [2.75, 3.05) is 5.75 Å². The van der Waals surface area contributed by atoms with Gasteiger partial charge in [-0.3, -0.25) is 9.78 Å². The third-order valence-electron chi connectivity index (χ3n) is 3.33. The van der Waals surface area contributed by atoms with E-state index < -0.39 is 0 Å². The zero-order valence-electron chi connectivity index (χ0n) is 13.3. The van der Waals surface area contributed by atoms with E-state index in [0.717, 1.165) is 11.3 Å². The SMILES string of the molecule is CC(NC(=O)CSc1nnc(-c2ccc(Cl)cc2)o1)c1ccccn1. The van der Waals surface area contributed by atoms with Crippen molar-refractivity contribution in [1.82, 2.24) is 20.5 Å². The van der Waals surface area contributed by atoms with Gasteiger partial charge in [0.2, 0.25) is 11.8 Å². The second-order valence-electron chi connectivity index (χ2n) is 5.21. The van der Waals surface area contributed by atoms with Crippen molar-refractivity contribution in [3.8, 4) is 11.5 Å². The molecule has 8 heteroatoms. The van der Waals surface area contributed by atoms with E-state index in [1.165, 1.54) is 11.8 Å². The minimum absolute atomic E-state index is 0.130. The normalized spacial score (nSPS) is 11.9. The number of rotatable bonds is 6. The fourth-order valence-electron chi connectivity index (χ4n) is 2.09. The molecule has 0 saturated carbocycles. The lowest BCUT2D eigenvalue weighted by atomic mass is 10.2. The average Bonchev–Trinajstić information content (AvgIpc) is 3.10. The van der Waals surface area contributed by atoms with Crippen LogP contribution in [0, 0.1) is 0 Å². The number of hydrogen-bond donors (Lipinski definition) is 1. The van der Waals surface area contributed by atoms with E-state index in [9.17, 15) is 4.79 Å². The quantitative estimate of drug-likeness (QED) is 0.662. The van der Waals surface area contributed by atoms with Crippen LogP contribution in [0.2, 0.25) is 5.02 Å². The largest absolute Gasteiger partial charge is 0.411 e. The summed E-state index contributed by atoms with van der Waals surface area (Å²) in [5.41, 5.74) is 1.58. The van der Waals surface area contributed by atoms with Crippen molar-refractivity contribution in [2.45, 2.75) is 18.2 Å². The van der Waals surface area contributed by atoms with E-state index in [-0.39, 0.29) is 17.7 Å². The van der Waals surface area contributed by atoms with Gasteiger partial charge >= 0.3 is 0 Å². The zero-order valence-corrected chi connectivity index (χ0v) is 14.9. The standard InChI is InChI=1S/C17H15ClN4O2S/c1-11(14-4-2-3-9-19-14)20-15(23)10-25-17-22-21-16(24-17)12-5-7-13(18)8-6-12/h2-9,11H,10H2,1H3,(H,20,23). The van der Waals surface area contributed by atoms with Gasteiger partial charge in [0.25, 0.3) is 5.22 Å². The number of carbonyl (C=O) groups excluding carboxylic acids is 1. The molecule has 3 aromatic rings. The van der Waals surface area contributed by atoms with E-state index in [1.54, 1.807) is 30.5 Å². The van der Waals surface area contributed by atoms with Gasteiger partial charge in [-0.25, -0.2) is 0 Å². The van der Waals surface area contributed by atoms with Crippen LogP contribution in [0.3, 0.4) is 0 Å². The molecule has 0 fully saturated rings. The maximum atomic E-state index is 12.1. The maximum Gasteiger partial charge on any atom is 0.277 e. The number of amides is 1. The van der Waals surface area contributed by atoms with Crippen molar-refractivity contribution in [3.05, 3.63) is 59.4 Å². The number of hydrogen-bond acceptors (Lipinski definition) is 6. The van der Waals surface area contributed by atoms with Crippen LogP contribution in [-0.4, -0.2) is 26.8 Å². The number of nitrogens with zero attached hydrogens (tertiary/aromatic N) is 3. The van der Waals surface area contributed by atoms with Gasteiger partial charge in [0.15, 0.2) is 0 Å². The number of carbonyl (C=O) groups is 1. The van der Waals surface area contributed by atoms with Gasteiger partial charge in [-0.15, -0.1) is 10.2 Å². The van der Waals surface area contributed by atoms with Crippen molar-refractivity contribution in [2.24, 2.45) is 0 Å². The van der Waals surface area contributed by atoms with E-state index in [2.05, 4.69) is 20.5 Å². The molecule has 1 unspecified atom stereocenters. The number of pyridine rings is 1. The number of thioether (sulfide) groups is 1. The Balaban J connectivity index is 1.53. The third kappa shape index (κ3) is 4.80. The van der Waals surface area contributed by atoms with Crippen LogP contribution < -0.4 is 5.32 Å². The second kappa shape index (κ2) is 8.13. The topological polar surface area (TPSA) is 80.9 Å². The second-order valence-corrected chi connectivity index (χ2v) is 6.58. The van der Waals surface area contributed by atoms with Gasteiger partial charge in [-0.2, -0.15) is 0 Å². The molecule has 1 aromatic carbocycles. The predicted molar refractivity (Wildman–Crippen MR) is 96.3 cm³/mol. The monoisotopic (exact) mass is 374 g/mol. The summed E-state index contributed by atoms with van der Waals surface area (Å²) in [6.07, 6.45) is 1.70. The molecule has 1 atom stereocenters. The Bertz CT molecular complexity index is 839. The number of benzene rings is 1. The molecule has 2 aromatic heterocycles. The molecule has 0 bridgehead atoms. The first kappa shape index (κ1) is 17.4. The molecule has 3 rings (SSSR count). The van der Waals surface area contributed by atoms with Gasteiger partial charge in [0.1, 0.15) is 0 Å². The summed E-state index contributed by atoms with van der Waals surface area (Å²) in [7, 11) is 0. The average molecular weight is 375 g/mol. The highest BCUT2D eigenvalue weighted by Gasteiger charge is 2.14. The first-order valence-electron chi connectivity index (χ1n) is 7.54. The number of aromatic nitrogens is 3.